The summed E-state index contributed by atoms with van der Waals surface area (Å²) in [5.41, 5.74) is 6.74. The summed E-state index contributed by atoms with van der Waals surface area (Å²) in [5, 5.41) is 0. The van der Waals surface area contributed by atoms with Gasteiger partial charge in [0.25, 0.3) is 0 Å². The molecule has 0 aliphatic carbocycles. The van der Waals surface area contributed by atoms with Crippen molar-refractivity contribution in [1.29, 1.82) is 0 Å². The summed E-state index contributed by atoms with van der Waals surface area (Å²) in [5.74, 6) is 1.83. The summed E-state index contributed by atoms with van der Waals surface area (Å²) in [7, 11) is 3.28. The van der Waals surface area contributed by atoms with Gasteiger partial charge in [-0.05, 0) is 40.0 Å². The van der Waals surface area contributed by atoms with Crippen molar-refractivity contribution in [3.63, 3.8) is 0 Å². The molecule has 0 amide bonds. The standard InChI is InChI=1S/C11H16BrNO2/c1-7(6-13)8-4-5-9(14-2)10(12)11(8)15-3/h4-5,7H,6,13H2,1-3H3. The van der Waals surface area contributed by atoms with Gasteiger partial charge in [0.15, 0.2) is 0 Å². The molecule has 0 fully saturated rings. The van der Waals surface area contributed by atoms with Gasteiger partial charge in [-0.2, -0.15) is 0 Å². The van der Waals surface area contributed by atoms with Crippen molar-refractivity contribution >= 4 is 15.9 Å². The molecule has 0 aliphatic rings. The Labute approximate surface area is 98.7 Å². The lowest BCUT2D eigenvalue weighted by Gasteiger charge is -2.17. The van der Waals surface area contributed by atoms with E-state index in [1.54, 1.807) is 14.2 Å². The van der Waals surface area contributed by atoms with Crippen LogP contribution in [0.2, 0.25) is 0 Å². The minimum atomic E-state index is 0.266. The molecule has 0 radical (unpaired) electrons. The molecule has 0 heterocycles. The lowest BCUT2D eigenvalue weighted by molar-refractivity contribution is 0.384. The van der Waals surface area contributed by atoms with E-state index in [9.17, 15) is 0 Å². The summed E-state index contributed by atoms with van der Waals surface area (Å²) in [6, 6.07) is 3.90. The first-order chi connectivity index (χ1) is 7.15. The molecule has 0 saturated carbocycles. The lowest BCUT2D eigenvalue weighted by Crippen LogP contribution is -2.10. The van der Waals surface area contributed by atoms with Crippen molar-refractivity contribution in [3.8, 4) is 11.5 Å². The van der Waals surface area contributed by atoms with E-state index in [4.69, 9.17) is 15.2 Å². The van der Waals surface area contributed by atoms with Gasteiger partial charge in [-0.3, -0.25) is 0 Å². The average Bonchev–Trinajstić information content (AvgIpc) is 2.27. The third-order valence-corrected chi connectivity index (χ3v) is 3.15. The van der Waals surface area contributed by atoms with Gasteiger partial charge in [0.05, 0.1) is 14.2 Å². The molecule has 0 bridgehead atoms. The predicted octanol–water partition coefficient (Wildman–Crippen LogP) is 2.53. The molecule has 1 unspecified atom stereocenters. The zero-order valence-electron chi connectivity index (χ0n) is 9.21. The van der Waals surface area contributed by atoms with Gasteiger partial charge >= 0.3 is 0 Å². The molecule has 0 aliphatic heterocycles. The minimum Gasteiger partial charge on any atom is -0.495 e. The predicted molar refractivity (Wildman–Crippen MR) is 64.7 cm³/mol. The van der Waals surface area contributed by atoms with Crippen molar-refractivity contribution < 1.29 is 9.47 Å². The molecule has 2 N–H and O–H groups in total. The lowest BCUT2D eigenvalue weighted by atomic mass is 10.0. The molecule has 0 aromatic heterocycles. The monoisotopic (exact) mass is 273 g/mol. The maximum atomic E-state index is 5.65. The van der Waals surface area contributed by atoms with Gasteiger partial charge in [0.1, 0.15) is 16.0 Å². The highest BCUT2D eigenvalue weighted by Crippen LogP contribution is 2.39. The summed E-state index contributed by atoms with van der Waals surface area (Å²) in [6.45, 7) is 2.66. The molecular formula is C11H16BrNO2. The van der Waals surface area contributed by atoms with Crippen LogP contribution in [-0.2, 0) is 0 Å². The van der Waals surface area contributed by atoms with Crippen LogP contribution in [0, 0.1) is 0 Å². The average molecular weight is 274 g/mol. The van der Waals surface area contributed by atoms with Crippen LogP contribution < -0.4 is 15.2 Å². The fourth-order valence-electron chi connectivity index (χ4n) is 1.43. The van der Waals surface area contributed by atoms with Crippen LogP contribution in [0.25, 0.3) is 0 Å². The van der Waals surface area contributed by atoms with Crippen LogP contribution in [0.5, 0.6) is 11.5 Å². The first-order valence-corrected chi connectivity index (χ1v) is 5.55. The van der Waals surface area contributed by atoms with E-state index in [1.165, 1.54) is 0 Å². The van der Waals surface area contributed by atoms with Crippen molar-refractivity contribution in [3.05, 3.63) is 22.2 Å². The van der Waals surface area contributed by atoms with Gasteiger partial charge in [0.2, 0.25) is 0 Å². The fraction of sp³-hybridized carbons (Fsp3) is 0.455. The van der Waals surface area contributed by atoms with E-state index >= 15 is 0 Å². The van der Waals surface area contributed by atoms with Crippen molar-refractivity contribution in [2.24, 2.45) is 5.73 Å². The highest BCUT2D eigenvalue weighted by Gasteiger charge is 2.16. The first kappa shape index (κ1) is 12.3. The second kappa shape index (κ2) is 5.37. The van der Waals surface area contributed by atoms with Crippen LogP contribution >= 0.6 is 15.9 Å². The molecule has 0 spiro atoms. The maximum Gasteiger partial charge on any atom is 0.140 e. The van der Waals surface area contributed by atoms with Crippen molar-refractivity contribution in [2.75, 3.05) is 20.8 Å². The van der Waals surface area contributed by atoms with E-state index in [0.717, 1.165) is 21.5 Å². The van der Waals surface area contributed by atoms with Crippen molar-refractivity contribution in [1.82, 2.24) is 0 Å². The Bertz CT molecular complexity index is 342. The molecule has 3 nitrogen and oxygen atoms in total. The molecule has 1 aromatic carbocycles. The summed E-state index contributed by atoms with van der Waals surface area (Å²) >= 11 is 3.46. The second-order valence-corrected chi connectivity index (χ2v) is 4.13. The zero-order valence-corrected chi connectivity index (χ0v) is 10.8. The Morgan fingerprint density at radius 2 is 2.00 bits per heavy atom. The van der Waals surface area contributed by atoms with E-state index < -0.39 is 0 Å². The van der Waals surface area contributed by atoms with Gasteiger partial charge in [-0.1, -0.05) is 13.0 Å². The molecule has 0 saturated heterocycles. The topological polar surface area (TPSA) is 44.5 Å². The maximum absolute atomic E-state index is 5.65. The summed E-state index contributed by atoms with van der Waals surface area (Å²) in [6.07, 6.45) is 0. The third kappa shape index (κ3) is 2.44. The smallest absolute Gasteiger partial charge is 0.140 e. The number of rotatable bonds is 4. The SMILES string of the molecule is COc1ccc(C(C)CN)c(OC)c1Br. The number of nitrogens with two attached hydrogens (primary N) is 1. The highest BCUT2D eigenvalue weighted by molar-refractivity contribution is 9.10. The zero-order chi connectivity index (χ0) is 11.4. The Balaban J connectivity index is 3.24. The summed E-state index contributed by atoms with van der Waals surface area (Å²) in [4.78, 5) is 0. The second-order valence-electron chi connectivity index (χ2n) is 3.34. The van der Waals surface area contributed by atoms with Crippen molar-refractivity contribution in [2.45, 2.75) is 12.8 Å². The van der Waals surface area contributed by atoms with E-state index in [2.05, 4.69) is 22.9 Å². The molecule has 15 heavy (non-hydrogen) atoms. The van der Waals surface area contributed by atoms with E-state index in [0.29, 0.717) is 6.54 Å². The largest absolute Gasteiger partial charge is 0.495 e. The van der Waals surface area contributed by atoms with Gasteiger partial charge in [0, 0.05) is 0 Å². The van der Waals surface area contributed by atoms with Crippen LogP contribution in [-0.4, -0.2) is 20.8 Å². The molecule has 1 aromatic rings. The molecule has 4 heteroatoms. The van der Waals surface area contributed by atoms with E-state index in [1.807, 2.05) is 12.1 Å². The Morgan fingerprint density at radius 3 is 2.47 bits per heavy atom. The van der Waals surface area contributed by atoms with E-state index in [-0.39, 0.29) is 5.92 Å². The fourth-order valence-corrected chi connectivity index (χ4v) is 2.12. The number of benzene rings is 1. The quantitative estimate of drug-likeness (QED) is 0.917. The number of hydrogen-bond donors (Lipinski definition) is 1. The minimum absolute atomic E-state index is 0.266. The molecular weight excluding hydrogens is 258 g/mol. The Hall–Kier alpha value is -0.740. The molecule has 1 rings (SSSR count). The van der Waals surface area contributed by atoms with Gasteiger partial charge in [-0.15, -0.1) is 0 Å². The third-order valence-electron chi connectivity index (χ3n) is 2.40. The summed E-state index contributed by atoms with van der Waals surface area (Å²) < 4.78 is 11.4. The number of ether oxygens (including phenoxy) is 2. The van der Waals surface area contributed by atoms with Crippen LogP contribution in [0.3, 0.4) is 0 Å². The number of hydrogen-bond acceptors (Lipinski definition) is 3. The number of methoxy groups -OCH3 is 2. The number of halogens is 1. The van der Waals surface area contributed by atoms with Crippen LogP contribution in [0.1, 0.15) is 18.4 Å². The Morgan fingerprint density at radius 1 is 1.33 bits per heavy atom. The first-order valence-electron chi connectivity index (χ1n) is 4.76. The highest BCUT2D eigenvalue weighted by atomic mass is 79.9. The van der Waals surface area contributed by atoms with Crippen LogP contribution in [0.15, 0.2) is 16.6 Å². The Kier molecular flexibility index (Phi) is 4.42. The molecule has 84 valence electrons. The normalized spacial score (nSPS) is 12.3. The van der Waals surface area contributed by atoms with Gasteiger partial charge < -0.3 is 15.2 Å². The van der Waals surface area contributed by atoms with Crippen LogP contribution in [0.4, 0.5) is 0 Å². The van der Waals surface area contributed by atoms with Gasteiger partial charge in [-0.25, -0.2) is 0 Å². The molecule has 1 atom stereocenters.